The molecule has 0 saturated carbocycles. The van der Waals surface area contributed by atoms with E-state index in [4.69, 9.17) is 27.6 Å². The van der Waals surface area contributed by atoms with Gasteiger partial charge in [0.25, 0.3) is 5.91 Å². The number of benzodiazepines with no additional fused rings is 1. The molecule has 0 spiro atoms. The molecule has 5 rings (SSSR count). The second-order valence-electron chi connectivity index (χ2n) is 8.25. The summed E-state index contributed by atoms with van der Waals surface area (Å²) in [6.07, 6.45) is 0. The minimum absolute atomic E-state index is 0.147. The van der Waals surface area contributed by atoms with E-state index in [1.54, 1.807) is 67.3 Å². The number of halogens is 3. The van der Waals surface area contributed by atoms with Crippen molar-refractivity contribution in [2.45, 2.75) is 26.4 Å². The Morgan fingerprint density at radius 1 is 1.00 bits per heavy atom. The summed E-state index contributed by atoms with van der Waals surface area (Å²) in [5, 5.41) is 1.02. The Morgan fingerprint density at radius 3 is 2.54 bits per heavy atom. The van der Waals surface area contributed by atoms with Crippen LogP contribution in [0.4, 0.5) is 10.1 Å². The van der Waals surface area contributed by atoms with Gasteiger partial charge >= 0.3 is 0 Å². The Hall–Kier alpha value is -3.48. The molecule has 3 aromatic carbocycles. The number of hydrogen-bond acceptors (Lipinski definition) is 4. The lowest BCUT2D eigenvalue weighted by molar-refractivity contribution is -0.119. The van der Waals surface area contributed by atoms with Crippen molar-refractivity contribution in [2.24, 2.45) is 4.99 Å². The number of anilines is 1. The zero-order valence-corrected chi connectivity index (χ0v) is 20.4. The number of fused-ring (bicyclic) bond motifs is 1. The predicted molar refractivity (Wildman–Crippen MR) is 136 cm³/mol. The summed E-state index contributed by atoms with van der Waals surface area (Å²) >= 11 is 12.4. The van der Waals surface area contributed by atoms with Crippen LogP contribution in [-0.4, -0.2) is 22.6 Å². The summed E-state index contributed by atoms with van der Waals surface area (Å²) < 4.78 is 20.7. The summed E-state index contributed by atoms with van der Waals surface area (Å²) in [7, 11) is 0. The van der Waals surface area contributed by atoms with Crippen molar-refractivity contribution >= 4 is 40.5 Å². The van der Waals surface area contributed by atoms with Gasteiger partial charge in [0.15, 0.2) is 0 Å². The highest BCUT2D eigenvalue weighted by atomic mass is 35.5. The van der Waals surface area contributed by atoms with Gasteiger partial charge in [-0.2, -0.15) is 0 Å². The summed E-state index contributed by atoms with van der Waals surface area (Å²) in [5.41, 5.74) is 3.14. The third kappa shape index (κ3) is 4.47. The van der Waals surface area contributed by atoms with Crippen LogP contribution >= 0.6 is 23.2 Å². The number of aromatic nitrogens is 1. The number of oxazole rings is 1. The van der Waals surface area contributed by atoms with Crippen molar-refractivity contribution in [3.05, 3.63) is 105 Å². The highest BCUT2D eigenvalue weighted by molar-refractivity contribution is 6.32. The fourth-order valence-corrected chi connectivity index (χ4v) is 4.46. The molecule has 35 heavy (non-hydrogen) atoms. The van der Waals surface area contributed by atoms with Crippen LogP contribution in [0.5, 0.6) is 0 Å². The molecule has 4 aromatic rings. The van der Waals surface area contributed by atoms with Gasteiger partial charge in [0.05, 0.1) is 17.9 Å². The average molecular weight is 508 g/mol. The number of amides is 1. The zero-order chi connectivity index (χ0) is 24.7. The van der Waals surface area contributed by atoms with Gasteiger partial charge in [-0.15, -0.1) is 0 Å². The molecule has 0 bridgehead atoms. The van der Waals surface area contributed by atoms with Crippen LogP contribution in [0.2, 0.25) is 10.0 Å². The SMILES string of the molecule is Cc1oc(-c2cccc(Cl)c2)nc1CN1C(=O)[C@@H](C)N=C(c2ccccc2F)c2cc(Cl)ccc21. The number of aliphatic imine (C=N–C) groups is 1. The number of nitrogens with zero attached hydrogens (tertiary/aromatic N) is 3. The van der Waals surface area contributed by atoms with Gasteiger partial charge in [-0.05, 0) is 62.4 Å². The topological polar surface area (TPSA) is 58.7 Å². The molecule has 0 aliphatic carbocycles. The first kappa shape index (κ1) is 23.3. The molecule has 0 unspecified atom stereocenters. The van der Waals surface area contributed by atoms with E-state index in [2.05, 4.69) is 9.98 Å². The monoisotopic (exact) mass is 507 g/mol. The van der Waals surface area contributed by atoms with E-state index in [1.807, 2.05) is 12.1 Å². The minimum Gasteiger partial charge on any atom is -0.441 e. The predicted octanol–water partition coefficient (Wildman–Crippen LogP) is 6.87. The summed E-state index contributed by atoms with van der Waals surface area (Å²) in [6.45, 7) is 3.64. The van der Waals surface area contributed by atoms with Crippen LogP contribution in [0.1, 0.15) is 29.5 Å². The minimum atomic E-state index is -0.754. The van der Waals surface area contributed by atoms with Crippen molar-refractivity contribution in [1.82, 2.24) is 4.98 Å². The van der Waals surface area contributed by atoms with E-state index in [9.17, 15) is 9.18 Å². The van der Waals surface area contributed by atoms with E-state index < -0.39 is 11.9 Å². The first-order valence-corrected chi connectivity index (χ1v) is 11.7. The molecule has 1 aliphatic heterocycles. The molecule has 0 N–H and O–H groups in total. The van der Waals surface area contributed by atoms with Gasteiger partial charge < -0.3 is 9.32 Å². The smallest absolute Gasteiger partial charge is 0.251 e. The van der Waals surface area contributed by atoms with Crippen molar-refractivity contribution in [3.63, 3.8) is 0 Å². The Balaban J connectivity index is 1.60. The highest BCUT2D eigenvalue weighted by Crippen LogP contribution is 2.33. The molecule has 8 heteroatoms. The Bertz CT molecular complexity index is 1480. The molecule has 2 heterocycles. The Labute approximate surface area is 211 Å². The largest absolute Gasteiger partial charge is 0.441 e. The molecular weight excluding hydrogens is 488 g/mol. The maximum Gasteiger partial charge on any atom is 0.251 e. The fraction of sp³-hybridized carbons (Fsp3) is 0.148. The van der Waals surface area contributed by atoms with Crippen LogP contribution in [0.25, 0.3) is 11.5 Å². The van der Waals surface area contributed by atoms with Crippen LogP contribution in [0, 0.1) is 12.7 Å². The molecule has 1 aromatic heterocycles. The second kappa shape index (κ2) is 9.29. The quantitative estimate of drug-likeness (QED) is 0.302. The standard InChI is InChI=1S/C27H20Cl2FN3O2/c1-15-27(34)33(14-23-16(2)35-26(32-23)17-6-5-7-18(28)12-17)24-11-10-19(29)13-21(24)25(31-15)20-8-3-4-9-22(20)30/h3-13,15H,14H2,1-2H3/t15-/m1/s1. The zero-order valence-electron chi connectivity index (χ0n) is 18.9. The lowest BCUT2D eigenvalue weighted by Crippen LogP contribution is -2.36. The number of aryl methyl sites for hydroxylation is 1. The lowest BCUT2D eigenvalue weighted by Gasteiger charge is -2.24. The number of carbonyl (C=O) groups is 1. The van der Waals surface area contributed by atoms with E-state index in [0.717, 1.165) is 5.56 Å². The van der Waals surface area contributed by atoms with Gasteiger partial charge in [0, 0.05) is 26.7 Å². The average Bonchev–Trinajstić information content (AvgIpc) is 3.17. The van der Waals surface area contributed by atoms with Crippen LogP contribution in [0.3, 0.4) is 0 Å². The van der Waals surface area contributed by atoms with Gasteiger partial charge in [-0.1, -0.05) is 41.4 Å². The summed E-state index contributed by atoms with van der Waals surface area (Å²) in [6, 6.07) is 18.0. The number of rotatable bonds is 4. The number of hydrogen-bond donors (Lipinski definition) is 0. The molecule has 1 amide bonds. The molecule has 1 aliphatic rings. The Kier molecular flexibility index (Phi) is 6.17. The van der Waals surface area contributed by atoms with Crippen LogP contribution in [-0.2, 0) is 11.3 Å². The van der Waals surface area contributed by atoms with Crippen molar-refractivity contribution in [1.29, 1.82) is 0 Å². The summed E-state index contributed by atoms with van der Waals surface area (Å²) in [4.78, 5) is 24.4. The third-order valence-corrected chi connectivity index (χ3v) is 6.32. The van der Waals surface area contributed by atoms with E-state index in [-0.39, 0.29) is 12.5 Å². The van der Waals surface area contributed by atoms with E-state index >= 15 is 0 Å². The first-order chi connectivity index (χ1) is 16.8. The van der Waals surface area contributed by atoms with Gasteiger partial charge in [-0.25, -0.2) is 9.37 Å². The maximum absolute atomic E-state index is 14.8. The fourth-order valence-electron chi connectivity index (χ4n) is 4.10. The number of benzene rings is 3. The highest BCUT2D eigenvalue weighted by Gasteiger charge is 2.32. The molecule has 1 atom stereocenters. The van der Waals surface area contributed by atoms with E-state index in [0.29, 0.717) is 49.9 Å². The molecule has 176 valence electrons. The van der Waals surface area contributed by atoms with Crippen LogP contribution < -0.4 is 4.90 Å². The Morgan fingerprint density at radius 2 is 1.77 bits per heavy atom. The van der Waals surface area contributed by atoms with Gasteiger partial charge in [0.1, 0.15) is 23.3 Å². The summed E-state index contributed by atoms with van der Waals surface area (Å²) in [5.74, 6) is 0.320. The van der Waals surface area contributed by atoms with Crippen LogP contribution in [0.15, 0.2) is 76.1 Å². The molecule has 0 radical (unpaired) electrons. The maximum atomic E-state index is 14.8. The van der Waals surface area contributed by atoms with Crippen molar-refractivity contribution in [2.75, 3.05) is 4.90 Å². The van der Waals surface area contributed by atoms with Crippen molar-refractivity contribution < 1.29 is 13.6 Å². The normalized spacial score (nSPS) is 15.6. The van der Waals surface area contributed by atoms with Gasteiger partial charge in [0.2, 0.25) is 5.89 Å². The lowest BCUT2D eigenvalue weighted by atomic mass is 9.99. The molecule has 5 nitrogen and oxygen atoms in total. The first-order valence-electron chi connectivity index (χ1n) is 11.0. The molecule has 0 fully saturated rings. The molecular formula is C27H20Cl2FN3O2. The second-order valence-corrected chi connectivity index (χ2v) is 9.12. The number of carbonyl (C=O) groups excluding carboxylic acids is 1. The third-order valence-electron chi connectivity index (χ3n) is 5.85. The molecule has 0 saturated heterocycles. The van der Waals surface area contributed by atoms with Gasteiger partial charge in [-0.3, -0.25) is 9.79 Å². The van der Waals surface area contributed by atoms with Crippen molar-refractivity contribution in [3.8, 4) is 11.5 Å². The van der Waals surface area contributed by atoms with E-state index in [1.165, 1.54) is 6.07 Å².